The van der Waals surface area contributed by atoms with Gasteiger partial charge in [-0.05, 0) is 54.3 Å². The molecule has 1 unspecified atom stereocenters. The fraction of sp³-hybridized carbons (Fsp3) is 0.240. The van der Waals surface area contributed by atoms with Gasteiger partial charge in [0, 0.05) is 36.0 Å². The summed E-state index contributed by atoms with van der Waals surface area (Å²) in [5.41, 5.74) is 2.25. The molecule has 2 aromatic heterocycles. The number of hydrogen-bond acceptors (Lipinski definition) is 4. The van der Waals surface area contributed by atoms with Crippen molar-refractivity contribution in [3.05, 3.63) is 83.9 Å². The number of nitrogens with zero attached hydrogens (tertiary/aromatic N) is 4. The first-order valence-corrected chi connectivity index (χ1v) is 10.7. The molecule has 0 N–H and O–H groups in total. The van der Waals surface area contributed by atoms with E-state index in [4.69, 9.17) is 9.72 Å². The molecule has 1 aliphatic heterocycles. The smallest absolute Gasteiger partial charge is 0.416 e. The molecule has 0 bridgehead atoms. The van der Waals surface area contributed by atoms with Crippen molar-refractivity contribution in [3.63, 3.8) is 0 Å². The van der Waals surface area contributed by atoms with Gasteiger partial charge in [-0.15, -0.1) is 0 Å². The molecule has 1 aliphatic rings. The van der Waals surface area contributed by atoms with Crippen LogP contribution in [0.3, 0.4) is 0 Å². The highest BCUT2D eigenvalue weighted by Gasteiger charge is 2.37. The van der Waals surface area contributed by atoms with Crippen molar-refractivity contribution in [2.45, 2.75) is 31.5 Å². The van der Waals surface area contributed by atoms with Crippen molar-refractivity contribution < 1.29 is 17.9 Å². The zero-order chi connectivity index (χ0) is 23.0. The third kappa shape index (κ3) is 3.97. The van der Waals surface area contributed by atoms with Crippen LogP contribution < -0.4 is 4.74 Å². The second kappa shape index (κ2) is 8.35. The summed E-state index contributed by atoms with van der Waals surface area (Å²) in [7, 11) is 1.60. The van der Waals surface area contributed by atoms with Gasteiger partial charge in [0.25, 0.3) is 0 Å². The number of pyridine rings is 1. The first kappa shape index (κ1) is 21.2. The Hall–Kier alpha value is -3.68. The summed E-state index contributed by atoms with van der Waals surface area (Å²) < 4.78 is 48.3. The van der Waals surface area contributed by atoms with Crippen LogP contribution in [-0.4, -0.2) is 26.9 Å². The minimum Gasteiger partial charge on any atom is -0.496 e. The number of halogens is 3. The van der Waals surface area contributed by atoms with Gasteiger partial charge in [0.15, 0.2) is 5.82 Å². The lowest BCUT2D eigenvalue weighted by Gasteiger charge is -2.25. The Balaban J connectivity index is 1.55. The van der Waals surface area contributed by atoms with Gasteiger partial charge < -0.3 is 4.74 Å². The first-order chi connectivity index (χ1) is 16.0. The third-order valence-electron chi connectivity index (χ3n) is 5.97. The molecule has 8 heteroatoms. The number of fused-ring (bicyclic) bond motifs is 1. The number of rotatable bonds is 4. The predicted molar refractivity (Wildman–Crippen MR) is 118 cm³/mol. The van der Waals surface area contributed by atoms with E-state index < -0.39 is 17.7 Å². The summed E-state index contributed by atoms with van der Waals surface area (Å²) in [5, 5.41) is 4.63. The van der Waals surface area contributed by atoms with E-state index in [1.54, 1.807) is 36.3 Å². The fourth-order valence-electron chi connectivity index (χ4n) is 4.43. The van der Waals surface area contributed by atoms with Crippen LogP contribution in [-0.2, 0) is 12.7 Å². The van der Waals surface area contributed by atoms with Crippen LogP contribution in [0.2, 0.25) is 0 Å². The molecule has 5 nitrogen and oxygen atoms in total. The van der Waals surface area contributed by atoms with Gasteiger partial charge in [0.2, 0.25) is 0 Å². The molecule has 168 valence electrons. The molecule has 0 spiro atoms. The first-order valence-electron chi connectivity index (χ1n) is 10.7. The Kier molecular flexibility index (Phi) is 5.36. The second-order valence-corrected chi connectivity index (χ2v) is 7.95. The van der Waals surface area contributed by atoms with Crippen molar-refractivity contribution in [3.8, 4) is 28.3 Å². The van der Waals surface area contributed by atoms with Crippen molar-refractivity contribution in [2.24, 2.45) is 0 Å². The number of hydrogen-bond donors (Lipinski definition) is 0. The van der Waals surface area contributed by atoms with Crippen molar-refractivity contribution in [2.75, 3.05) is 7.11 Å². The maximum absolute atomic E-state index is 13.7. The van der Waals surface area contributed by atoms with Crippen LogP contribution in [0.1, 0.15) is 35.7 Å². The molecule has 0 amide bonds. The Morgan fingerprint density at radius 2 is 1.79 bits per heavy atom. The van der Waals surface area contributed by atoms with Gasteiger partial charge >= 0.3 is 6.18 Å². The number of aryl methyl sites for hydroxylation is 1. The van der Waals surface area contributed by atoms with E-state index >= 15 is 0 Å². The van der Waals surface area contributed by atoms with E-state index in [1.165, 1.54) is 6.07 Å². The van der Waals surface area contributed by atoms with Crippen LogP contribution in [0.25, 0.3) is 22.5 Å². The lowest BCUT2D eigenvalue weighted by Crippen LogP contribution is -2.21. The quantitative estimate of drug-likeness (QED) is 0.385. The van der Waals surface area contributed by atoms with Crippen LogP contribution in [0.5, 0.6) is 5.75 Å². The summed E-state index contributed by atoms with van der Waals surface area (Å²) in [4.78, 5) is 8.75. The molecule has 0 aliphatic carbocycles. The average Bonchev–Trinajstić information content (AvgIpc) is 3.28. The normalized spacial score (nSPS) is 15.8. The summed E-state index contributed by atoms with van der Waals surface area (Å²) in [6, 6.07) is 15.2. The Morgan fingerprint density at radius 1 is 1.00 bits per heavy atom. The van der Waals surface area contributed by atoms with Gasteiger partial charge in [-0.3, -0.25) is 4.98 Å². The number of aromatic nitrogens is 4. The van der Waals surface area contributed by atoms with Gasteiger partial charge in [-0.2, -0.15) is 18.3 Å². The maximum Gasteiger partial charge on any atom is 0.416 e. The molecule has 3 heterocycles. The number of methoxy groups -OCH3 is 1. The van der Waals surface area contributed by atoms with E-state index in [9.17, 15) is 13.2 Å². The summed E-state index contributed by atoms with van der Waals surface area (Å²) in [6.45, 7) is 0.624. The van der Waals surface area contributed by atoms with Crippen molar-refractivity contribution in [1.82, 2.24) is 19.7 Å². The minimum absolute atomic E-state index is 0.246. The number of benzene rings is 2. The lowest BCUT2D eigenvalue weighted by atomic mass is 9.88. The van der Waals surface area contributed by atoms with Crippen molar-refractivity contribution in [1.29, 1.82) is 0 Å². The lowest BCUT2D eigenvalue weighted by molar-refractivity contribution is -0.138. The Bertz CT molecular complexity index is 1280. The largest absolute Gasteiger partial charge is 0.496 e. The number of ether oxygens (including phenoxy) is 1. The second-order valence-electron chi connectivity index (χ2n) is 7.95. The van der Waals surface area contributed by atoms with E-state index in [0.717, 1.165) is 29.2 Å². The molecule has 2 aromatic carbocycles. The third-order valence-corrected chi connectivity index (χ3v) is 5.97. The van der Waals surface area contributed by atoms with Gasteiger partial charge in [-0.1, -0.05) is 24.3 Å². The molecular weight excluding hydrogens is 429 g/mol. The highest BCUT2D eigenvalue weighted by molar-refractivity contribution is 5.74. The molecule has 4 aromatic rings. The van der Waals surface area contributed by atoms with E-state index in [1.807, 2.05) is 30.3 Å². The van der Waals surface area contributed by atoms with E-state index in [2.05, 4.69) is 10.1 Å². The molecule has 5 rings (SSSR count). The maximum atomic E-state index is 13.7. The SMILES string of the molecule is COc1cc(-c2nc3n(n2)CCCC3c2ccccc2C(F)(F)F)ccc1-c1ccncc1. The molecule has 0 saturated carbocycles. The van der Waals surface area contributed by atoms with Gasteiger partial charge in [-0.25, -0.2) is 9.67 Å². The monoisotopic (exact) mass is 450 g/mol. The average molecular weight is 450 g/mol. The van der Waals surface area contributed by atoms with Crippen LogP contribution in [0, 0.1) is 0 Å². The van der Waals surface area contributed by atoms with Gasteiger partial charge in [0.1, 0.15) is 11.6 Å². The Labute approximate surface area is 188 Å². The summed E-state index contributed by atoms with van der Waals surface area (Å²) >= 11 is 0. The van der Waals surface area contributed by atoms with E-state index in [0.29, 0.717) is 30.4 Å². The topological polar surface area (TPSA) is 52.8 Å². The fourth-order valence-corrected chi connectivity index (χ4v) is 4.43. The molecule has 0 saturated heterocycles. The minimum atomic E-state index is -4.42. The van der Waals surface area contributed by atoms with Crippen molar-refractivity contribution >= 4 is 0 Å². The molecule has 33 heavy (non-hydrogen) atoms. The summed E-state index contributed by atoms with van der Waals surface area (Å²) in [5.74, 6) is 1.23. The molecular formula is C25H21F3N4O. The highest BCUT2D eigenvalue weighted by Crippen LogP contribution is 2.41. The van der Waals surface area contributed by atoms with Crippen LogP contribution in [0.15, 0.2) is 67.0 Å². The van der Waals surface area contributed by atoms with Crippen LogP contribution >= 0.6 is 0 Å². The number of alkyl halides is 3. The van der Waals surface area contributed by atoms with Gasteiger partial charge in [0.05, 0.1) is 12.7 Å². The zero-order valence-corrected chi connectivity index (χ0v) is 17.9. The predicted octanol–water partition coefficient (Wildman–Crippen LogP) is 5.96. The van der Waals surface area contributed by atoms with Crippen LogP contribution in [0.4, 0.5) is 13.2 Å². The summed E-state index contributed by atoms with van der Waals surface area (Å²) in [6.07, 6.45) is 0.337. The standard InChI is InChI=1S/C25H21F3N4O/c1-33-22-15-17(8-9-18(22)16-10-12-29-13-11-16)23-30-24-20(6-4-14-32(24)31-23)19-5-2-3-7-21(19)25(26,27)28/h2-3,5,7-13,15,20H,4,6,14H2,1H3. The Morgan fingerprint density at radius 3 is 2.55 bits per heavy atom. The van der Waals surface area contributed by atoms with E-state index in [-0.39, 0.29) is 5.56 Å². The highest BCUT2D eigenvalue weighted by atomic mass is 19.4. The molecule has 1 atom stereocenters. The zero-order valence-electron chi connectivity index (χ0n) is 17.9. The molecule has 0 fully saturated rings. The molecule has 0 radical (unpaired) electrons.